The van der Waals surface area contributed by atoms with E-state index in [-0.39, 0.29) is 17.4 Å². The number of hydrogen-bond donors (Lipinski definition) is 0. The Balaban J connectivity index is 0.000000250. The Labute approximate surface area is 50.1 Å². The highest BCUT2D eigenvalue weighted by molar-refractivity contribution is 5.75. The predicted octanol–water partition coefficient (Wildman–Crippen LogP) is 0.767. The Morgan fingerprint density at radius 3 is 0.833 bits per heavy atom. The lowest BCUT2D eigenvalue weighted by molar-refractivity contribution is 0.886. The molecule has 36 valence electrons. The zero-order chi connectivity index (χ0) is 3.54. The first kappa shape index (κ1) is 6.53. The van der Waals surface area contributed by atoms with Crippen LogP contribution in [-0.2, 0) is 0 Å². The Morgan fingerprint density at radius 2 is 0.667 bits per heavy atom. The van der Waals surface area contributed by atoms with Gasteiger partial charge in [-0.3, -0.25) is 0 Å². The standard InChI is InChI=1S/C5H10.Al.3H/c1-2-4-5-3-1;;;;/h1-5H2;;;;. The largest absolute Gasteiger partial charge is 0.187 e. The minimum absolute atomic E-state index is 0. The molecule has 0 aliphatic heterocycles. The molecule has 0 N–H and O–H groups in total. The van der Waals surface area contributed by atoms with Crippen LogP contribution in [0.1, 0.15) is 32.1 Å². The molecule has 0 heterocycles. The first-order valence-electron chi connectivity index (χ1n) is 2.50. The Bertz CT molecular complexity index is 15.5. The summed E-state index contributed by atoms with van der Waals surface area (Å²) in [6.45, 7) is 0. The number of rotatable bonds is 0. The van der Waals surface area contributed by atoms with Gasteiger partial charge in [-0.15, -0.1) is 0 Å². The van der Waals surface area contributed by atoms with E-state index in [2.05, 4.69) is 0 Å². The molecule has 1 fully saturated rings. The fourth-order valence-corrected chi connectivity index (χ4v) is 0.884. The van der Waals surface area contributed by atoms with Gasteiger partial charge in [0.05, 0.1) is 0 Å². The average molecular weight is 100 g/mol. The maximum absolute atomic E-state index is 1.50. The van der Waals surface area contributed by atoms with Crippen LogP contribution in [0.25, 0.3) is 0 Å². The molecule has 0 atom stereocenters. The summed E-state index contributed by atoms with van der Waals surface area (Å²) in [7, 11) is 0. The third kappa shape index (κ3) is 1.85. The summed E-state index contributed by atoms with van der Waals surface area (Å²) in [4.78, 5) is 0. The highest BCUT2D eigenvalue weighted by Gasteiger charge is 1.95. The van der Waals surface area contributed by atoms with Crippen LogP contribution in [0.3, 0.4) is 0 Å². The van der Waals surface area contributed by atoms with Crippen molar-refractivity contribution in [3.63, 3.8) is 0 Å². The highest BCUT2D eigenvalue weighted by Crippen LogP contribution is 2.15. The van der Waals surface area contributed by atoms with E-state index in [4.69, 9.17) is 0 Å². The molecule has 0 nitrogen and oxygen atoms in total. The lowest BCUT2D eigenvalue weighted by Gasteiger charge is -1.67. The van der Waals surface area contributed by atoms with Crippen LogP contribution in [0.5, 0.6) is 0 Å². The maximum Gasteiger partial charge on any atom is 0.187 e. The fourth-order valence-electron chi connectivity index (χ4n) is 0.884. The average Bonchev–Trinajstić information content (AvgIpc) is 1.76. The van der Waals surface area contributed by atoms with Gasteiger partial charge >= 0.3 is 0 Å². The van der Waals surface area contributed by atoms with Gasteiger partial charge in [0, 0.05) is 0 Å². The maximum atomic E-state index is 1.50. The molecule has 0 amide bonds. The molecule has 0 aromatic rings. The van der Waals surface area contributed by atoms with Crippen molar-refractivity contribution in [2.75, 3.05) is 0 Å². The molecule has 0 spiro atoms. The van der Waals surface area contributed by atoms with Crippen molar-refractivity contribution in [2.24, 2.45) is 0 Å². The third-order valence-electron chi connectivity index (χ3n) is 1.25. The Kier molecular flexibility index (Phi) is 4.04. The van der Waals surface area contributed by atoms with Gasteiger partial charge in [-0.25, -0.2) is 0 Å². The van der Waals surface area contributed by atoms with Gasteiger partial charge in [0.1, 0.15) is 0 Å². The molecule has 0 aromatic heterocycles. The van der Waals surface area contributed by atoms with Crippen molar-refractivity contribution in [3.05, 3.63) is 0 Å². The molecular weight excluding hydrogens is 87.0 g/mol. The normalized spacial score (nSPS) is 20.0. The van der Waals surface area contributed by atoms with Crippen LogP contribution in [0.15, 0.2) is 0 Å². The van der Waals surface area contributed by atoms with Gasteiger partial charge in [0.2, 0.25) is 0 Å². The fraction of sp³-hybridized carbons (Fsp3) is 1.00. The summed E-state index contributed by atoms with van der Waals surface area (Å²) in [6, 6.07) is 0. The van der Waals surface area contributed by atoms with E-state index in [0.29, 0.717) is 0 Å². The number of hydrogen-bond acceptors (Lipinski definition) is 0. The lowest BCUT2D eigenvalue weighted by Crippen LogP contribution is -1.47. The summed E-state index contributed by atoms with van der Waals surface area (Å²) >= 11 is 0. The van der Waals surface area contributed by atoms with E-state index in [0.717, 1.165) is 0 Å². The van der Waals surface area contributed by atoms with Crippen LogP contribution in [-0.4, -0.2) is 17.4 Å². The van der Waals surface area contributed by atoms with E-state index in [9.17, 15) is 0 Å². The van der Waals surface area contributed by atoms with Gasteiger partial charge in [0.25, 0.3) is 0 Å². The molecule has 0 radical (unpaired) electrons. The molecule has 1 rings (SSSR count). The molecule has 1 heteroatoms. The second kappa shape index (κ2) is 3.71. The highest BCUT2D eigenvalue weighted by atomic mass is 27.0. The van der Waals surface area contributed by atoms with Gasteiger partial charge in [0.15, 0.2) is 17.4 Å². The molecule has 0 saturated heterocycles. The first-order valence-corrected chi connectivity index (χ1v) is 2.50. The predicted molar refractivity (Wildman–Crippen MR) is 33.0 cm³/mol. The van der Waals surface area contributed by atoms with Gasteiger partial charge in [-0.2, -0.15) is 0 Å². The van der Waals surface area contributed by atoms with Crippen LogP contribution < -0.4 is 0 Å². The molecule has 0 unspecified atom stereocenters. The summed E-state index contributed by atoms with van der Waals surface area (Å²) < 4.78 is 0. The van der Waals surface area contributed by atoms with Crippen molar-refractivity contribution >= 4 is 17.4 Å². The van der Waals surface area contributed by atoms with Crippen molar-refractivity contribution < 1.29 is 0 Å². The zero-order valence-electron chi connectivity index (χ0n) is 3.54. The van der Waals surface area contributed by atoms with Crippen molar-refractivity contribution in [1.29, 1.82) is 0 Å². The molecule has 1 aliphatic rings. The van der Waals surface area contributed by atoms with E-state index in [1.807, 2.05) is 0 Å². The van der Waals surface area contributed by atoms with Gasteiger partial charge < -0.3 is 0 Å². The Morgan fingerprint density at radius 1 is 0.500 bits per heavy atom. The molecule has 0 aromatic carbocycles. The zero-order valence-corrected chi connectivity index (χ0v) is 3.54. The minimum Gasteiger partial charge on any atom is -0.0533 e. The smallest absolute Gasteiger partial charge is 0.0533 e. The van der Waals surface area contributed by atoms with Crippen molar-refractivity contribution in [2.45, 2.75) is 32.1 Å². The monoisotopic (exact) mass is 100 g/mol. The SMILES string of the molecule is C1CCCC1.[AlH3]. The van der Waals surface area contributed by atoms with Gasteiger partial charge in [-0.1, -0.05) is 32.1 Å². The lowest BCUT2D eigenvalue weighted by atomic mass is 10.4. The molecule has 1 aliphatic carbocycles. The van der Waals surface area contributed by atoms with Crippen LogP contribution in [0, 0.1) is 0 Å². The summed E-state index contributed by atoms with van der Waals surface area (Å²) in [5.41, 5.74) is 0. The Hall–Kier alpha value is 0.532. The van der Waals surface area contributed by atoms with Crippen LogP contribution >= 0.6 is 0 Å². The molecule has 1 saturated carbocycles. The third-order valence-corrected chi connectivity index (χ3v) is 1.25. The first-order chi connectivity index (χ1) is 2.50. The van der Waals surface area contributed by atoms with E-state index < -0.39 is 0 Å². The summed E-state index contributed by atoms with van der Waals surface area (Å²) in [5.74, 6) is 0. The van der Waals surface area contributed by atoms with Crippen molar-refractivity contribution in [3.8, 4) is 0 Å². The molecule has 6 heavy (non-hydrogen) atoms. The van der Waals surface area contributed by atoms with Crippen LogP contribution in [0.4, 0.5) is 0 Å². The summed E-state index contributed by atoms with van der Waals surface area (Å²) in [6.07, 6.45) is 7.50. The van der Waals surface area contributed by atoms with Crippen LogP contribution in [0.2, 0.25) is 0 Å². The second-order valence-corrected chi connectivity index (χ2v) is 1.77. The van der Waals surface area contributed by atoms with E-state index in [1.54, 1.807) is 0 Å². The summed E-state index contributed by atoms with van der Waals surface area (Å²) in [5, 5.41) is 0. The van der Waals surface area contributed by atoms with Gasteiger partial charge in [-0.05, 0) is 0 Å². The quantitative estimate of drug-likeness (QED) is 0.394. The molecular formula is C5H13Al. The topological polar surface area (TPSA) is 0 Å². The second-order valence-electron chi connectivity index (χ2n) is 1.77. The van der Waals surface area contributed by atoms with E-state index >= 15 is 0 Å². The minimum atomic E-state index is 0. The van der Waals surface area contributed by atoms with Crippen molar-refractivity contribution in [1.82, 2.24) is 0 Å². The van der Waals surface area contributed by atoms with E-state index in [1.165, 1.54) is 32.1 Å². The molecule has 0 bridgehead atoms.